The molecule has 8 rings (SSSR count). The molecule has 6 unspecified atom stereocenters. The lowest BCUT2D eigenvalue weighted by Gasteiger charge is -2.33. The van der Waals surface area contributed by atoms with Crippen LogP contribution in [0.2, 0.25) is 19.6 Å². The van der Waals surface area contributed by atoms with Gasteiger partial charge in [-0.25, -0.2) is 9.59 Å². The van der Waals surface area contributed by atoms with Crippen molar-refractivity contribution < 1.29 is 53.1 Å². The number of Topliss-reactive ketones (excluding diaryl/α,β-unsaturated/α-hetero) is 2. The van der Waals surface area contributed by atoms with E-state index in [1.165, 1.54) is 11.1 Å². The molecular weight excluding hydrogens is 1200 g/mol. The van der Waals surface area contributed by atoms with E-state index in [9.17, 15) is 34.2 Å². The van der Waals surface area contributed by atoms with Gasteiger partial charge in [0.2, 0.25) is 0 Å². The zero-order chi connectivity index (χ0) is 70.8. The number of carbonyl (C=O) groups is 5. The Balaban J connectivity index is 0.000000302. The summed E-state index contributed by atoms with van der Waals surface area (Å²) in [5, 5.41) is 22.4. The summed E-state index contributed by atoms with van der Waals surface area (Å²) in [4.78, 5) is 65.9. The van der Waals surface area contributed by atoms with Crippen LogP contribution in [0.1, 0.15) is 152 Å². The van der Waals surface area contributed by atoms with Gasteiger partial charge >= 0.3 is 12.2 Å². The molecule has 0 aliphatic carbocycles. The van der Waals surface area contributed by atoms with Crippen molar-refractivity contribution in [3.63, 3.8) is 0 Å². The van der Waals surface area contributed by atoms with E-state index in [1.807, 2.05) is 101 Å². The van der Waals surface area contributed by atoms with E-state index in [4.69, 9.17) is 18.9 Å². The van der Waals surface area contributed by atoms with Gasteiger partial charge < -0.3 is 44.3 Å². The summed E-state index contributed by atoms with van der Waals surface area (Å²) in [6.07, 6.45) is 1.49. The lowest BCUT2D eigenvalue weighted by atomic mass is 9.79. The van der Waals surface area contributed by atoms with Gasteiger partial charge in [-0.3, -0.25) is 24.2 Å². The Morgan fingerprint density at radius 2 is 1.01 bits per heavy atom. The number of carbonyl (C=O) groups excluding carboxylic acids is 5. The molecule has 16 nitrogen and oxygen atoms in total. The third-order valence-corrected chi connectivity index (χ3v) is 19.6. The first-order valence-corrected chi connectivity index (χ1v) is 37.3. The van der Waals surface area contributed by atoms with Gasteiger partial charge in [-0.15, -0.1) is 0 Å². The highest BCUT2D eigenvalue weighted by atomic mass is 28.3. The maximum atomic E-state index is 12.1. The second-order valence-electron chi connectivity index (χ2n) is 30.4. The van der Waals surface area contributed by atoms with Crippen LogP contribution in [-0.4, -0.2) is 159 Å². The number of nitrogens with zero attached hydrogens (tertiary/aromatic N) is 4. The predicted molar refractivity (Wildman–Crippen MR) is 382 cm³/mol. The van der Waals surface area contributed by atoms with Crippen molar-refractivity contribution in [1.29, 1.82) is 0 Å². The number of ketones is 3. The number of rotatable bonds is 19. The molecular formula is C77H121N5O11Si. The fraction of sp³-hybridized carbons (Fsp3) is 0.597. The third-order valence-electron chi connectivity index (χ3n) is 18.2. The fourth-order valence-electron chi connectivity index (χ4n) is 13.0. The summed E-state index contributed by atoms with van der Waals surface area (Å²) < 4.78 is 21.2. The van der Waals surface area contributed by atoms with Gasteiger partial charge in [-0.2, -0.15) is 0 Å². The van der Waals surface area contributed by atoms with Crippen molar-refractivity contribution in [3.05, 3.63) is 155 Å². The molecule has 0 saturated carbocycles. The number of aliphatic hydroxyl groups excluding tert-OH is 2. The number of aliphatic hydroxyl groups is 2. The number of methoxy groups -OCH3 is 1. The highest BCUT2D eigenvalue weighted by Crippen LogP contribution is 2.41. The van der Waals surface area contributed by atoms with Gasteiger partial charge in [-0.1, -0.05) is 202 Å². The Bertz CT molecular complexity index is 2910. The maximum absolute atomic E-state index is 12.1. The van der Waals surface area contributed by atoms with E-state index in [0.29, 0.717) is 63.5 Å². The molecule has 0 spiro atoms. The Hall–Kier alpha value is -5.89. The van der Waals surface area contributed by atoms with Crippen molar-refractivity contribution in [2.24, 2.45) is 45.3 Å². The van der Waals surface area contributed by atoms with E-state index < -0.39 is 14.2 Å². The van der Waals surface area contributed by atoms with Crippen LogP contribution in [-0.2, 0) is 46.5 Å². The Labute approximate surface area is 567 Å². The van der Waals surface area contributed by atoms with Gasteiger partial charge in [0, 0.05) is 95.2 Å². The number of nitrogens with one attached hydrogen (secondary N) is 1. The molecule has 8 atom stereocenters. The minimum Gasteiger partial charge on any atom is -0.445 e. The zero-order valence-corrected chi connectivity index (χ0v) is 62.3. The largest absolute Gasteiger partial charge is 0.445 e. The summed E-state index contributed by atoms with van der Waals surface area (Å²) in [5.74, 6) is 1.16. The summed E-state index contributed by atoms with van der Waals surface area (Å²) in [7, 11) is 0.485. The molecule has 4 aliphatic rings. The van der Waals surface area contributed by atoms with E-state index >= 15 is 0 Å². The zero-order valence-electron chi connectivity index (χ0n) is 61.3. The minimum atomic E-state index is -1.17. The van der Waals surface area contributed by atoms with Crippen LogP contribution in [0.4, 0.5) is 9.59 Å². The first kappa shape index (κ1) is 82.3. The normalized spacial score (nSPS) is 21.0. The van der Waals surface area contributed by atoms with Crippen LogP contribution in [0.3, 0.4) is 0 Å². The molecule has 3 N–H and O–H groups in total. The van der Waals surface area contributed by atoms with Gasteiger partial charge in [0.05, 0.1) is 20.3 Å². The van der Waals surface area contributed by atoms with E-state index in [-0.39, 0.29) is 82.5 Å². The Morgan fingerprint density at radius 3 is 1.36 bits per heavy atom. The van der Waals surface area contributed by atoms with Crippen molar-refractivity contribution in [3.8, 4) is 0 Å². The van der Waals surface area contributed by atoms with Gasteiger partial charge in [0.1, 0.15) is 38.3 Å². The third kappa shape index (κ3) is 28.4. The highest BCUT2D eigenvalue weighted by molar-refractivity contribution is 6.76. The first-order valence-electron chi connectivity index (χ1n) is 33.6. The summed E-state index contributed by atoms with van der Waals surface area (Å²) in [6.45, 7) is 48.5. The van der Waals surface area contributed by atoms with E-state index in [2.05, 4.69) is 145 Å². The number of benzene rings is 4. The summed E-state index contributed by atoms with van der Waals surface area (Å²) >= 11 is 0. The number of hydrogen-bond donors (Lipinski definition) is 3. The van der Waals surface area contributed by atoms with Crippen LogP contribution >= 0.6 is 0 Å². The standard InChI is InChI=1S/C16H23NO3.C16H21NO3.C16H23NO.C15H27NO2Si.C8H17NO.C6H10O/c2*1-12(18)14-9-17(11-16(14,2)3)15(19)20-10-13-7-5-4-6-8-13;1-12(14-8-6-5-7-9-14)17-10-15(13(2)18)16(3,4)11-17;1-14(15-9-7-6-8-10-15)16(11-18-13-17-2)12-19(3,4)5;1-6(10)7-4-9-5-8(7,2)3;1-5(2)4-6(3)7/h4-8,12,14,18H,9-11H2,1-3H3;4-8,14H,9-11H2,1-3H3;5-9,12,15H,10-11H2,1-4H3;6-10,14H,11-13H2,1-5H3;6-7,9-10H,4-5H2,1-3H3;4H,1-3H3/t;;12-,15?;14-;;/m..01../s1. The molecule has 0 aromatic heterocycles. The number of allylic oxidation sites excluding steroid dienone is 2. The van der Waals surface area contributed by atoms with Crippen LogP contribution < -0.4 is 5.32 Å². The molecule has 4 aromatic carbocycles. The minimum absolute atomic E-state index is 0.0834. The number of likely N-dealkylation sites (tertiary alicyclic amines) is 3. The average Bonchev–Trinajstić information content (AvgIpc) is 1.68. The van der Waals surface area contributed by atoms with Crippen molar-refractivity contribution >= 4 is 37.6 Å². The van der Waals surface area contributed by atoms with Gasteiger partial charge in [0.15, 0.2) is 5.78 Å². The van der Waals surface area contributed by atoms with Crippen molar-refractivity contribution in [2.45, 2.75) is 175 Å². The lowest BCUT2D eigenvalue weighted by molar-refractivity contribution is -0.123. The van der Waals surface area contributed by atoms with Crippen LogP contribution in [0, 0.1) is 45.3 Å². The lowest BCUT2D eigenvalue weighted by Crippen LogP contribution is -2.42. The molecule has 4 aromatic rings. The van der Waals surface area contributed by atoms with E-state index in [1.54, 1.807) is 50.7 Å². The molecule has 0 bridgehead atoms. The topological polar surface area (TPSA) is 188 Å². The highest BCUT2D eigenvalue weighted by Gasteiger charge is 2.46. The average molecular weight is 1320 g/mol. The van der Waals surface area contributed by atoms with Crippen LogP contribution in [0.25, 0.3) is 0 Å². The number of amides is 2. The molecule has 4 saturated heterocycles. The van der Waals surface area contributed by atoms with Gasteiger partial charge in [-0.05, 0) is 118 Å². The molecule has 2 amide bonds. The molecule has 17 heteroatoms. The second kappa shape index (κ2) is 38.7. The maximum Gasteiger partial charge on any atom is 0.410 e. The molecule has 4 fully saturated rings. The van der Waals surface area contributed by atoms with Crippen LogP contribution in [0.15, 0.2) is 133 Å². The van der Waals surface area contributed by atoms with Gasteiger partial charge in [0.25, 0.3) is 0 Å². The molecule has 4 heterocycles. The number of ether oxygens (including phenoxy) is 4. The van der Waals surface area contributed by atoms with E-state index in [0.717, 1.165) is 49.0 Å². The molecule has 524 valence electrons. The fourth-order valence-corrected chi connectivity index (χ4v) is 14.6. The summed E-state index contributed by atoms with van der Waals surface area (Å²) in [6, 6.07) is 41.1. The predicted octanol–water partition coefficient (Wildman–Crippen LogP) is 14.5. The summed E-state index contributed by atoms with van der Waals surface area (Å²) in [5.41, 5.74) is 5.76. The Morgan fingerprint density at radius 1 is 0.585 bits per heavy atom. The first-order chi connectivity index (χ1) is 43.8. The molecule has 4 aliphatic heterocycles. The van der Waals surface area contributed by atoms with Crippen molar-refractivity contribution in [2.75, 3.05) is 79.2 Å². The number of hydrogen-bond acceptors (Lipinski definition) is 14. The SMILES string of the molecule is CC(=O)C1CN(C(=O)OCc2ccccc2)CC1(C)C.CC(=O)C1CN([C@@H](C)c2ccccc2)CC1(C)C.CC(=O)C=C(C)C.CC(O)C1CN(C(=O)OCc2ccccc2)CC1(C)C.CC(O)C1CNCC1(C)C.COCOCN(C[Si](C)(C)C)[C@H](C)c1ccccc1. The monoisotopic (exact) mass is 1320 g/mol. The molecule has 94 heavy (non-hydrogen) atoms. The van der Waals surface area contributed by atoms with Crippen molar-refractivity contribution in [1.82, 2.24) is 24.9 Å². The molecule has 0 radical (unpaired) electrons. The smallest absolute Gasteiger partial charge is 0.410 e. The Kier molecular flexibility index (Phi) is 33.9. The quantitative estimate of drug-likeness (QED) is 0.0348. The second-order valence-corrected chi connectivity index (χ2v) is 35.9. The van der Waals surface area contributed by atoms with Crippen LogP contribution in [0.5, 0.6) is 0 Å².